The van der Waals surface area contributed by atoms with Gasteiger partial charge in [-0.25, -0.2) is 0 Å². The Bertz CT molecular complexity index is 561. The van der Waals surface area contributed by atoms with Crippen LogP contribution in [0.25, 0.3) is 0 Å². The maximum Gasteiger partial charge on any atom is 0.250 e. The summed E-state index contributed by atoms with van der Waals surface area (Å²) in [6.07, 6.45) is 4.50. The number of allylic oxidation sites excluding steroid dienone is 1. The van der Waals surface area contributed by atoms with Crippen LogP contribution < -0.4 is 22.1 Å². The van der Waals surface area contributed by atoms with E-state index in [9.17, 15) is 14.4 Å². The number of nitrogens with zero attached hydrogens (tertiary/aromatic N) is 1. The van der Waals surface area contributed by atoms with Crippen molar-refractivity contribution in [2.45, 2.75) is 51.5 Å². The number of piperidine rings is 1. The summed E-state index contributed by atoms with van der Waals surface area (Å²) in [6, 6.07) is -0.629. The Kier molecular flexibility index (Phi) is 8.67. The molecule has 26 heavy (non-hydrogen) atoms. The van der Waals surface area contributed by atoms with Crippen LogP contribution in [0.15, 0.2) is 24.7 Å². The second-order valence-corrected chi connectivity index (χ2v) is 6.77. The molecule has 0 saturated carbocycles. The van der Waals surface area contributed by atoms with Crippen molar-refractivity contribution in [3.05, 3.63) is 24.7 Å². The summed E-state index contributed by atoms with van der Waals surface area (Å²) in [6.45, 7) is 9.37. The van der Waals surface area contributed by atoms with Gasteiger partial charge in [-0.2, -0.15) is 0 Å². The van der Waals surface area contributed by atoms with Gasteiger partial charge in [0.15, 0.2) is 0 Å². The van der Waals surface area contributed by atoms with Gasteiger partial charge in [0, 0.05) is 18.2 Å². The molecule has 0 aromatic rings. The zero-order valence-corrected chi connectivity index (χ0v) is 15.6. The second kappa shape index (κ2) is 10.5. The Morgan fingerprint density at radius 2 is 2.00 bits per heavy atom. The third-order valence-corrected chi connectivity index (χ3v) is 4.38. The first kappa shape index (κ1) is 21.5. The van der Waals surface area contributed by atoms with Gasteiger partial charge in [0.25, 0.3) is 5.91 Å². The summed E-state index contributed by atoms with van der Waals surface area (Å²) in [5.41, 5.74) is 11.7. The van der Waals surface area contributed by atoms with E-state index in [0.29, 0.717) is 18.7 Å². The number of amides is 3. The lowest BCUT2D eigenvalue weighted by atomic mass is 10.0. The number of unbranched alkanes of at least 4 members (excludes halogenated alkanes) is 1. The van der Waals surface area contributed by atoms with Crippen LogP contribution in [0.2, 0.25) is 0 Å². The number of hydrogen-bond acceptors (Lipinski definition) is 5. The van der Waals surface area contributed by atoms with Crippen molar-refractivity contribution in [1.29, 1.82) is 0 Å². The number of nitrogens with one attached hydrogen (secondary N) is 2. The summed E-state index contributed by atoms with van der Waals surface area (Å²) in [5.74, 6) is -0.861. The van der Waals surface area contributed by atoms with Crippen molar-refractivity contribution >= 4 is 17.7 Å². The highest BCUT2D eigenvalue weighted by atomic mass is 16.2. The first-order valence-electron chi connectivity index (χ1n) is 8.98. The van der Waals surface area contributed by atoms with Crippen LogP contribution >= 0.6 is 0 Å². The molecule has 2 unspecified atom stereocenters. The fraction of sp³-hybridized carbons (Fsp3) is 0.611. The second-order valence-electron chi connectivity index (χ2n) is 6.77. The molecule has 0 aromatic carbocycles. The van der Waals surface area contributed by atoms with Crippen molar-refractivity contribution < 1.29 is 14.4 Å². The average molecular weight is 365 g/mol. The van der Waals surface area contributed by atoms with E-state index in [2.05, 4.69) is 23.8 Å². The molecule has 1 aliphatic rings. The molecule has 146 valence electrons. The number of nitrogens with two attached hydrogens (primary N) is 2. The summed E-state index contributed by atoms with van der Waals surface area (Å²) in [5, 5.41) is 5.26. The lowest BCUT2D eigenvalue weighted by Crippen LogP contribution is -2.54. The third-order valence-electron chi connectivity index (χ3n) is 4.38. The van der Waals surface area contributed by atoms with E-state index >= 15 is 0 Å². The average Bonchev–Trinajstić information content (AvgIpc) is 2.57. The Morgan fingerprint density at radius 3 is 2.62 bits per heavy atom. The topological polar surface area (TPSA) is 131 Å². The standard InChI is InChI=1S/C18H31N5O3/c1-12(7-4-5-8-13(2)19)17(25)21-11-16(24)22-15-9-6-10-23(14(3)20)18(15)26/h12,15H,2-11,19-20H2,1H3,(H,21,25)(H,22,24). The molecule has 1 fully saturated rings. The minimum absolute atomic E-state index is 0.157. The quantitative estimate of drug-likeness (QED) is 0.414. The van der Waals surface area contributed by atoms with Crippen molar-refractivity contribution in [1.82, 2.24) is 15.5 Å². The van der Waals surface area contributed by atoms with Gasteiger partial charge in [0.2, 0.25) is 11.8 Å². The fourth-order valence-corrected chi connectivity index (χ4v) is 2.82. The molecule has 0 bridgehead atoms. The SMILES string of the molecule is C=C(N)CCCCC(C)C(=O)NCC(=O)NC1CCCN(C(=C)N)C1=O. The third kappa shape index (κ3) is 7.16. The molecule has 0 spiro atoms. The predicted molar refractivity (Wildman–Crippen MR) is 100 cm³/mol. The monoisotopic (exact) mass is 365 g/mol. The number of carbonyl (C=O) groups excluding carboxylic acids is 3. The van der Waals surface area contributed by atoms with E-state index in [0.717, 1.165) is 32.1 Å². The lowest BCUT2D eigenvalue weighted by molar-refractivity contribution is -0.137. The highest BCUT2D eigenvalue weighted by Crippen LogP contribution is 2.14. The molecule has 1 heterocycles. The summed E-state index contributed by atoms with van der Waals surface area (Å²) in [7, 11) is 0. The van der Waals surface area contributed by atoms with Gasteiger partial charge < -0.3 is 22.1 Å². The Morgan fingerprint density at radius 1 is 1.31 bits per heavy atom. The van der Waals surface area contributed by atoms with Crippen molar-refractivity contribution in [3.63, 3.8) is 0 Å². The molecule has 1 aliphatic heterocycles. The maximum absolute atomic E-state index is 12.2. The predicted octanol–water partition coefficient (Wildman–Crippen LogP) is 0.309. The van der Waals surface area contributed by atoms with E-state index in [1.165, 1.54) is 4.90 Å². The molecule has 0 radical (unpaired) electrons. The summed E-state index contributed by atoms with van der Waals surface area (Å²) < 4.78 is 0. The maximum atomic E-state index is 12.2. The first-order chi connectivity index (χ1) is 12.2. The van der Waals surface area contributed by atoms with Gasteiger partial charge in [-0.1, -0.05) is 26.5 Å². The lowest BCUT2D eigenvalue weighted by Gasteiger charge is -2.32. The van der Waals surface area contributed by atoms with Crippen LogP contribution in [0.1, 0.15) is 45.4 Å². The fourth-order valence-electron chi connectivity index (χ4n) is 2.82. The van der Waals surface area contributed by atoms with E-state index in [1.807, 2.05) is 6.92 Å². The van der Waals surface area contributed by atoms with Crippen LogP contribution in [0, 0.1) is 5.92 Å². The van der Waals surface area contributed by atoms with Crippen molar-refractivity contribution in [3.8, 4) is 0 Å². The molecule has 8 heteroatoms. The Labute approximate surface area is 155 Å². The summed E-state index contributed by atoms with van der Waals surface area (Å²) in [4.78, 5) is 37.6. The van der Waals surface area contributed by atoms with E-state index in [-0.39, 0.29) is 30.1 Å². The molecular weight excluding hydrogens is 334 g/mol. The van der Waals surface area contributed by atoms with Crippen LogP contribution in [0.5, 0.6) is 0 Å². The molecule has 1 saturated heterocycles. The smallest absolute Gasteiger partial charge is 0.250 e. The highest BCUT2D eigenvalue weighted by Gasteiger charge is 2.30. The van der Waals surface area contributed by atoms with Gasteiger partial charge in [-0.05, 0) is 32.1 Å². The molecule has 0 aliphatic carbocycles. The van der Waals surface area contributed by atoms with Crippen molar-refractivity contribution in [2.75, 3.05) is 13.1 Å². The summed E-state index contributed by atoms with van der Waals surface area (Å²) >= 11 is 0. The van der Waals surface area contributed by atoms with Gasteiger partial charge in [0.05, 0.1) is 12.4 Å². The molecule has 3 amide bonds. The molecule has 2 atom stereocenters. The highest BCUT2D eigenvalue weighted by molar-refractivity contribution is 5.91. The van der Waals surface area contributed by atoms with E-state index in [1.54, 1.807) is 0 Å². The Hall–Kier alpha value is -2.51. The normalized spacial score (nSPS) is 18.1. The molecular formula is C18H31N5O3. The number of rotatable bonds is 10. The Balaban J connectivity index is 2.32. The minimum Gasteiger partial charge on any atom is -0.403 e. The first-order valence-corrected chi connectivity index (χ1v) is 8.98. The zero-order valence-electron chi connectivity index (χ0n) is 15.6. The number of likely N-dealkylation sites (tertiary alicyclic amines) is 1. The van der Waals surface area contributed by atoms with Crippen LogP contribution in [-0.2, 0) is 14.4 Å². The van der Waals surface area contributed by atoms with Crippen LogP contribution in [-0.4, -0.2) is 41.8 Å². The van der Waals surface area contributed by atoms with Gasteiger partial charge in [0.1, 0.15) is 6.04 Å². The van der Waals surface area contributed by atoms with Gasteiger partial charge in [-0.15, -0.1) is 0 Å². The van der Waals surface area contributed by atoms with E-state index in [4.69, 9.17) is 11.5 Å². The molecule has 1 rings (SSSR count). The minimum atomic E-state index is -0.629. The van der Waals surface area contributed by atoms with E-state index < -0.39 is 11.9 Å². The number of carbonyl (C=O) groups is 3. The van der Waals surface area contributed by atoms with Crippen molar-refractivity contribution in [2.24, 2.45) is 17.4 Å². The van der Waals surface area contributed by atoms with Crippen LogP contribution in [0.3, 0.4) is 0 Å². The van der Waals surface area contributed by atoms with Gasteiger partial charge in [-0.3, -0.25) is 19.3 Å². The molecule has 0 aromatic heterocycles. The largest absolute Gasteiger partial charge is 0.403 e. The molecule has 8 nitrogen and oxygen atoms in total. The zero-order chi connectivity index (χ0) is 19.7. The molecule has 6 N–H and O–H groups in total. The number of hydrogen-bond donors (Lipinski definition) is 4. The van der Waals surface area contributed by atoms with Gasteiger partial charge >= 0.3 is 0 Å². The van der Waals surface area contributed by atoms with Crippen LogP contribution in [0.4, 0.5) is 0 Å².